The van der Waals surface area contributed by atoms with Gasteiger partial charge in [0.2, 0.25) is 0 Å². The van der Waals surface area contributed by atoms with Crippen LogP contribution in [0.15, 0.2) is 11.8 Å². The molecule has 0 unspecified atom stereocenters. The van der Waals surface area contributed by atoms with E-state index in [-0.39, 0.29) is 0 Å². The van der Waals surface area contributed by atoms with E-state index in [0.717, 1.165) is 0 Å². The fourth-order valence-electron chi connectivity index (χ4n) is 0.769. The molecule has 0 aromatic rings. The summed E-state index contributed by atoms with van der Waals surface area (Å²) in [7, 11) is 0. The number of rotatable bonds is 4. The molecule has 0 aromatic heterocycles. The van der Waals surface area contributed by atoms with Gasteiger partial charge < -0.3 is 4.74 Å². The van der Waals surface area contributed by atoms with Crippen molar-refractivity contribution in [2.75, 3.05) is 0 Å². The Morgan fingerprint density at radius 1 is 0.900 bits per heavy atom. The van der Waals surface area contributed by atoms with Gasteiger partial charge in [0.25, 0.3) is 11.6 Å². The fraction of sp³-hybridized carbons (Fsp3) is 0.500. The van der Waals surface area contributed by atoms with Crippen LogP contribution in [-0.2, 0) is 19.1 Å². The van der Waals surface area contributed by atoms with Gasteiger partial charge in [0.15, 0.2) is 0 Å². The molecule has 20 heavy (non-hydrogen) atoms. The number of hydrogen-bond donors (Lipinski definition) is 0. The van der Waals surface area contributed by atoms with E-state index in [4.69, 9.17) is 0 Å². The van der Waals surface area contributed by atoms with E-state index < -0.39 is 47.6 Å². The minimum Gasteiger partial charge on any atom is -0.433 e. The first kappa shape index (κ1) is 18.1. The second-order valence-corrected chi connectivity index (χ2v) is 3.78. The summed E-state index contributed by atoms with van der Waals surface area (Å²) in [5.74, 6) is -8.17. The maximum absolute atomic E-state index is 12.1. The molecule has 0 amide bonds. The monoisotopic (exact) mass is 306 g/mol. The lowest BCUT2D eigenvalue weighted by molar-refractivity contribution is -0.175. The summed E-state index contributed by atoms with van der Waals surface area (Å²) in [6, 6.07) is 0. The number of esters is 1. The van der Waals surface area contributed by atoms with Gasteiger partial charge in [-0.15, -0.1) is 0 Å². The van der Waals surface area contributed by atoms with Gasteiger partial charge in [0.05, 0.1) is 5.92 Å². The second-order valence-electron chi connectivity index (χ2n) is 3.78. The summed E-state index contributed by atoms with van der Waals surface area (Å²) in [6.45, 7) is 2.49. The average molecular weight is 306 g/mol. The zero-order valence-electron chi connectivity index (χ0n) is 10.1. The van der Waals surface area contributed by atoms with Crippen molar-refractivity contribution in [3.05, 3.63) is 11.8 Å². The molecular weight excluding hydrogens is 298 g/mol. The van der Waals surface area contributed by atoms with Crippen molar-refractivity contribution in [2.24, 2.45) is 5.92 Å². The SMILES string of the molecule is CC(C)C(=O)OC=C(C(=O)C(F)(F)F)C(=O)C(F)(F)F. The van der Waals surface area contributed by atoms with E-state index >= 15 is 0 Å². The van der Waals surface area contributed by atoms with E-state index in [1.807, 2.05) is 0 Å². The molecule has 0 saturated carbocycles. The molecular formula is C10H8F6O4. The first-order valence-corrected chi connectivity index (χ1v) is 4.92. The topological polar surface area (TPSA) is 60.4 Å². The van der Waals surface area contributed by atoms with Gasteiger partial charge in [-0.05, 0) is 0 Å². The van der Waals surface area contributed by atoms with Crippen LogP contribution in [0.25, 0.3) is 0 Å². The van der Waals surface area contributed by atoms with Crippen molar-refractivity contribution in [1.82, 2.24) is 0 Å². The summed E-state index contributed by atoms with van der Waals surface area (Å²) in [4.78, 5) is 32.4. The Labute approximate surface area is 108 Å². The second kappa shape index (κ2) is 6.06. The maximum atomic E-state index is 12.1. The third-order valence-electron chi connectivity index (χ3n) is 1.77. The molecule has 0 rings (SSSR count). The summed E-state index contributed by atoms with van der Waals surface area (Å²) in [5, 5.41) is 0. The zero-order chi connectivity index (χ0) is 16.3. The van der Waals surface area contributed by atoms with Crippen LogP contribution in [0.2, 0.25) is 0 Å². The Morgan fingerprint density at radius 3 is 1.50 bits per heavy atom. The number of Topliss-reactive ketones (excluding diaryl/α,β-unsaturated/α-hetero) is 2. The molecule has 0 fully saturated rings. The molecule has 0 atom stereocenters. The molecule has 10 heteroatoms. The van der Waals surface area contributed by atoms with Gasteiger partial charge in [-0.3, -0.25) is 14.4 Å². The summed E-state index contributed by atoms with van der Waals surface area (Å²) in [5.41, 5.74) is -2.31. The van der Waals surface area contributed by atoms with Crippen molar-refractivity contribution < 1.29 is 45.5 Å². The summed E-state index contributed by atoms with van der Waals surface area (Å²) >= 11 is 0. The number of carbonyl (C=O) groups excluding carboxylic acids is 3. The van der Waals surface area contributed by atoms with E-state index in [1.54, 1.807) is 0 Å². The Hall–Kier alpha value is -1.87. The number of halogens is 6. The quantitative estimate of drug-likeness (QED) is 0.200. The smallest absolute Gasteiger partial charge is 0.433 e. The zero-order valence-corrected chi connectivity index (χ0v) is 10.1. The third kappa shape index (κ3) is 5.02. The predicted octanol–water partition coefficient (Wildman–Crippen LogP) is 2.33. The molecule has 0 N–H and O–H groups in total. The Morgan fingerprint density at radius 2 is 1.25 bits per heavy atom. The Balaban J connectivity index is 5.51. The lowest BCUT2D eigenvalue weighted by Crippen LogP contribution is -2.35. The van der Waals surface area contributed by atoms with Gasteiger partial charge >= 0.3 is 18.3 Å². The van der Waals surface area contributed by atoms with Crippen LogP contribution in [0.1, 0.15) is 13.8 Å². The number of hydrogen-bond acceptors (Lipinski definition) is 4. The summed E-state index contributed by atoms with van der Waals surface area (Å²) < 4.78 is 76.4. The highest BCUT2D eigenvalue weighted by Crippen LogP contribution is 2.27. The third-order valence-corrected chi connectivity index (χ3v) is 1.77. The van der Waals surface area contributed by atoms with Crippen molar-refractivity contribution in [2.45, 2.75) is 26.2 Å². The molecule has 0 spiro atoms. The number of allylic oxidation sites excluding steroid dienone is 1. The molecule has 0 heterocycles. The van der Waals surface area contributed by atoms with Crippen LogP contribution in [-0.4, -0.2) is 29.9 Å². The van der Waals surface area contributed by atoms with E-state index in [0.29, 0.717) is 0 Å². The molecule has 0 aliphatic rings. The fourth-order valence-corrected chi connectivity index (χ4v) is 0.769. The lowest BCUT2D eigenvalue weighted by atomic mass is 10.1. The Kier molecular flexibility index (Phi) is 5.49. The van der Waals surface area contributed by atoms with Gasteiger partial charge in [-0.25, -0.2) is 0 Å². The molecule has 0 radical (unpaired) electrons. The number of ether oxygens (including phenoxy) is 1. The van der Waals surface area contributed by atoms with Crippen LogP contribution >= 0.6 is 0 Å². The van der Waals surface area contributed by atoms with Gasteiger partial charge in [-0.2, -0.15) is 26.3 Å². The average Bonchev–Trinajstić information content (AvgIpc) is 2.25. The highest BCUT2D eigenvalue weighted by atomic mass is 19.4. The van der Waals surface area contributed by atoms with Gasteiger partial charge in [0.1, 0.15) is 11.8 Å². The van der Waals surface area contributed by atoms with E-state index in [1.165, 1.54) is 13.8 Å². The maximum Gasteiger partial charge on any atom is 0.455 e. The molecule has 0 aliphatic carbocycles. The lowest BCUT2D eigenvalue weighted by Gasteiger charge is -2.11. The van der Waals surface area contributed by atoms with Crippen LogP contribution in [0.4, 0.5) is 26.3 Å². The predicted molar refractivity (Wildman–Crippen MR) is 51.1 cm³/mol. The van der Waals surface area contributed by atoms with Gasteiger partial charge in [-0.1, -0.05) is 13.8 Å². The first-order valence-electron chi connectivity index (χ1n) is 4.92. The standard InChI is InChI=1S/C10H8F6O4/c1-4(2)8(19)20-3-5(6(17)9(11,12)13)7(18)10(14,15)16/h3-4H,1-2H3. The molecule has 0 aromatic carbocycles. The number of carbonyl (C=O) groups is 3. The Bertz CT molecular complexity index is 416. The molecule has 114 valence electrons. The number of alkyl halides is 6. The largest absolute Gasteiger partial charge is 0.455 e. The molecule has 0 aliphatic heterocycles. The van der Waals surface area contributed by atoms with Crippen LogP contribution in [0.5, 0.6) is 0 Å². The number of ketones is 2. The molecule has 0 saturated heterocycles. The molecule has 0 bridgehead atoms. The molecule has 4 nitrogen and oxygen atoms in total. The van der Waals surface area contributed by atoms with Crippen molar-refractivity contribution >= 4 is 17.5 Å². The van der Waals surface area contributed by atoms with Crippen LogP contribution in [0.3, 0.4) is 0 Å². The first-order chi connectivity index (χ1) is 8.78. The minimum absolute atomic E-state index is 0.423. The van der Waals surface area contributed by atoms with Crippen molar-refractivity contribution in [3.63, 3.8) is 0 Å². The van der Waals surface area contributed by atoms with Crippen molar-refractivity contribution in [1.29, 1.82) is 0 Å². The van der Waals surface area contributed by atoms with Gasteiger partial charge in [0, 0.05) is 0 Å². The van der Waals surface area contributed by atoms with Crippen molar-refractivity contribution in [3.8, 4) is 0 Å². The highest BCUT2D eigenvalue weighted by Gasteiger charge is 2.50. The van der Waals surface area contributed by atoms with Crippen LogP contribution < -0.4 is 0 Å². The highest BCUT2D eigenvalue weighted by molar-refractivity contribution is 6.23. The van der Waals surface area contributed by atoms with E-state index in [9.17, 15) is 40.7 Å². The summed E-state index contributed by atoms with van der Waals surface area (Å²) in [6.07, 6.45) is -11.8. The minimum atomic E-state index is -5.71. The van der Waals surface area contributed by atoms with Crippen LogP contribution in [0, 0.1) is 5.92 Å². The normalized spacial score (nSPS) is 12.1. The van der Waals surface area contributed by atoms with E-state index in [2.05, 4.69) is 4.74 Å².